The summed E-state index contributed by atoms with van der Waals surface area (Å²) in [6.07, 6.45) is 0. The third-order valence-corrected chi connectivity index (χ3v) is 4.08. The molecule has 0 aliphatic rings. The summed E-state index contributed by atoms with van der Waals surface area (Å²) >= 11 is 3.51. The van der Waals surface area contributed by atoms with Gasteiger partial charge in [-0.3, -0.25) is 0 Å². The lowest BCUT2D eigenvalue weighted by Crippen LogP contribution is -2.19. The quantitative estimate of drug-likeness (QED) is 0.881. The maximum Gasteiger partial charge on any atom is 0.127 e. The molecule has 0 aliphatic heterocycles. The molecule has 0 aliphatic carbocycles. The molecule has 4 heteroatoms. The molecule has 0 spiro atoms. The van der Waals surface area contributed by atoms with Gasteiger partial charge in [-0.15, -0.1) is 0 Å². The van der Waals surface area contributed by atoms with Crippen LogP contribution in [0.1, 0.15) is 22.7 Å². The monoisotopic (exact) mass is 349 g/mol. The van der Waals surface area contributed by atoms with Gasteiger partial charge in [-0.1, -0.05) is 22.0 Å². The molecular formula is C17H20BrNO2. The number of hydrogen-bond donors (Lipinski definition) is 1. The highest BCUT2D eigenvalue weighted by Crippen LogP contribution is 2.34. The van der Waals surface area contributed by atoms with Gasteiger partial charge in [0.2, 0.25) is 0 Å². The molecule has 2 aromatic carbocycles. The van der Waals surface area contributed by atoms with E-state index in [1.807, 2.05) is 25.2 Å². The van der Waals surface area contributed by atoms with E-state index >= 15 is 0 Å². The Morgan fingerprint density at radius 2 is 1.71 bits per heavy atom. The summed E-state index contributed by atoms with van der Waals surface area (Å²) in [4.78, 5) is 0. The van der Waals surface area contributed by atoms with Crippen molar-refractivity contribution in [3.8, 4) is 11.5 Å². The van der Waals surface area contributed by atoms with E-state index in [0.717, 1.165) is 21.5 Å². The van der Waals surface area contributed by atoms with Crippen LogP contribution in [0.2, 0.25) is 0 Å². The highest BCUT2D eigenvalue weighted by molar-refractivity contribution is 9.10. The average Bonchev–Trinajstić information content (AvgIpc) is 2.50. The van der Waals surface area contributed by atoms with E-state index in [4.69, 9.17) is 9.47 Å². The highest BCUT2D eigenvalue weighted by Gasteiger charge is 2.19. The summed E-state index contributed by atoms with van der Waals surface area (Å²) in [5.74, 6) is 1.61. The van der Waals surface area contributed by atoms with E-state index in [1.54, 1.807) is 14.2 Å². The first kappa shape index (κ1) is 15.9. The molecule has 2 rings (SSSR count). The number of aryl methyl sites for hydroxylation is 1. The predicted molar refractivity (Wildman–Crippen MR) is 89.3 cm³/mol. The lowest BCUT2D eigenvalue weighted by atomic mass is 9.94. The Labute approximate surface area is 134 Å². The second-order valence-corrected chi connectivity index (χ2v) is 5.75. The number of nitrogens with one attached hydrogen (secondary N) is 1. The number of rotatable bonds is 5. The molecule has 0 fully saturated rings. The Balaban J connectivity index is 2.50. The van der Waals surface area contributed by atoms with Crippen LogP contribution in [0.3, 0.4) is 0 Å². The van der Waals surface area contributed by atoms with Crippen LogP contribution < -0.4 is 14.8 Å². The van der Waals surface area contributed by atoms with Crippen LogP contribution in [0.15, 0.2) is 40.9 Å². The Morgan fingerprint density at radius 3 is 2.29 bits per heavy atom. The van der Waals surface area contributed by atoms with Crippen LogP contribution in [0.25, 0.3) is 0 Å². The molecule has 0 bridgehead atoms. The van der Waals surface area contributed by atoms with Crippen molar-refractivity contribution in [3.05, 3.63) is 57.6 Å². The lowest BCUT2D eigenvalue weighted by Gasteiger charge is -2.22. The first-order chi connectivity index (χ1) is 10.1. The molecule has 0 radical (unpaired) electrons. The number of methoxy groups -OCH3 is 2. The Kier molecular flexibility index (Phi) is 5.26. The molecule has 0 amide bonds. The average molecular weight is 350 g/mol. The predicted octanol–water partition coefficient (Wildman–Crippen LogP) is 4.08. The highest BCUT2D eigenvalue weighted by atomic mass is 79.9. The van der Waals surface area contributed by atoms with E-state index in [1.165, 1.54) is 11.1 Å². The SMILES string of the molecule is CNC(c1ccc(Br)cc1C)c1ccc(OC)cc1OC. The van der Waals surface area contributed by atoms with E-state index in [0.29, 0.717) is 0 Å². The zero-order valence-corrected chi connectivity index (χ0v) is 14.3. The van der Waals surface area contributed by atoms with E-state index in [2.05, 4.69) is 46.4 Å². The molecule has 0 saturated carbocycles. The normalized spacial score (nSPS) is 12.0. The molecule has 1 N–H and O–H groups in total. The minimum Gasteiger partial charge on any atom is -0.497 e. The fourth-order valence-corrected chi connectivity index (χ4v) is 2.97. The first-order valence-corrected chi connectivity index (χ1v) is 7.55. The summed E-state index contributed by atoms with van der Waals surface area (Å²) < 4.78 is 11.9. The van der Waals surface area contributed by atoms with Gasteiger partial charge in [-0.25, -0.2) is 0 Å². The third kappa shape index (κ3) is 3.39. The fraction of sp³-hybridized carbons (Fsp3) is 0.294. The van der Waals surface area contributed by atoms with Crippen molar-refractivity contribution in [3.63, 3.8) is 0 Å². The van der Waals surface area contributed by atoms with Crippen molar-refractivity contribution in [2.75, 3.05) is 21.3 Å². The summed E-state index contributed by atoms with van der Waals surface area (Å²) in [7, 11) is 5.29. The van der Waals surface area contributed by atoms with Crippen molar-refractivity contribution in [2.24, 2.45) is 0 Å². The molecule has 0 heterocycles. The Hall–Kier alpha value is -1.52. The van der Waals surface area contributed by atoms with Gasteiger partial charge in [0.25, 0.3) is 0 Å². The van der Waals surface area contributed by atoms with Crippen molar-refractivity contribution in [2.45, 2.75) is 13.0 Å². The topological polar surface area (TPSA) is 30.5 Å². The van der Waals surface area contributed by atoms with Gasteiger partial charge in [0.15, 0.2) is 0 Å². The van der Waals surface area contributed by atoms with Crippen molar-refractivity contribution >= 4 is 15.9 Å². The van der Waals surface area contributed by atoms with Crippen LogP contribution in [0.5, 0.6) is 11.5 Å². The Bertz CT molecular complexity index is 628. The standard InChI is InChI=1S/C17H20BrNO2/c1-11-9-12(18)5-7-14(11)17(19-2)15-8-6-13(20-3)10-16(15)21-4/h5-10,17,19H,1-4H3. The third-order valence-electron chi connectivity index (χ3n) is 3.58. The van der Waals surface area contributed by atoms with Crippen molar-refractivity contribution < 1.29 is 9.47 Å². The fourth-order valence-electron chi connectivity index (χ4n) is 2.50. The van der Waals surface area contributed by atoms with Crippen molar-refractivity contribution in [1.82, 2.24) is 5.32 Å². The largest absolute Gasteiger partial charge is 0.497 e. The lowest BCUT2D eigenvalue weighted by molar-refractivity contribution is 0.388. The van der Waals surface area contributed by atoms with Crippen LogP contribution in [0, 0.1) is 6.92 Å². The van der Waals surface area contributed by atoms with Crippen LogP contribution in [-0.4, -0.2) is 21.3 Å². The van der Waals surface area contributed by atoms with Crippen LogP contribution in [-0.2, 0) is 0 Å². The number of hydrogen-bond acceptors (Lipinski definition) is 3. The molecule has 3 nitrogen and oxygen atoms in total. The van der Waals surface area contributed by atoms with E-state index in [-0.39, 0.29) is 6.04 Å². The van der Waals surface area contributed by atoms with Gasteiger partial charge < -0.3 is 14.8 Å². The number of ether oxygens (including phenoxy) is 2. The van der Waals surface area contributed by atoms with Gasteiger partial charge >= 0.3 is 0 Å². The van der Waals surface area contributed by atoms with Crippen LogP contribution in [0.4, 0.5) is 0 Å². The van der Waals surface area contributed by atoms with Crippen LogP contribution >= 0.6 is 15.9 Å². The molecule has 0 saturated heterocycles. The minimum atomic E-state index is 0.0685. The van der Waals surface area contributed by atoms with Gasteiger partial charge in [0, 0.05) is 16.1 Å². The molecule has 112 valence electrons. The summed E-state index contributed by atoms with van der Waals surface area (Å²) in [5, 5.41) is 3.37. The number of benzene rings is 2. The zero-order chi connectivity index (χ0) is 15.4. The molecule has 1 unspecified atom stereocenters. The molecular weight excluding hydrogens is 330 g/mol. The molecule has 2 aromatic rings. The molecule has 21 heavy (non-hydrogen) atoms. The van der Waals surface area contributed by atoms with E-state index < -0.39 is 0 Å². The Morgan fingerprint density at radius 1 is 1.00 bits per heavy atom. The van der Waals surface area contributed by atoms with Gasteiger partial charge in [-0.2, -0.15) is 0 Å². The maximum atomic E-state index is 5.53. The maximum absolute atomic E-state index is 5.53. The van der Waals surface area contributed by atoms with Gasteiger partial charge in [-0.05, 0) is 49.4 Å². The summed E-state index contributed by atoms with van der Waals surface area (Å²) in [6.45, 7) is 2.11. The smallest absolute Gasteiger partial charge is 0.127 e. The second kappa shape index (κ2) is 6.96. The summed E-state index contributed by atoms with van der Waals surface area (Å²) in [5.41, 5.74) is 3.54. The zero-order valence-electron chi connectivity index (χ0n) is 12.7. The van der Waals surface area contributed by atoms with E-state index in [9.17, 15) is 0 Å². The molecule has 1 atom stereocenters. The van der Waals surface area contributed by atoms with Crippen molar-refractivity contribution in [1.29, 1.82) is 0 Å². The first-order valence-electron chi connectivity index (χ1n) is 6.76. The van der Waals surface area contributed by atoms with Gasteiger partial charge in [0.1, 0.15) is 11.5 Å². The van der Waals surface area contributed by atoms with Gasteiger partial charge in [0.05, 0.1) is 20.3 Å². The minimum absolute atomic E-state index is 0.0685. The second-order valence-electron chi connectivity index (χ2n) is 4.83. The number of halogens is 1. The molecule has 0 aromatic heterocycles. The summed E-state index contributed by atoms with van der Waals surface area (Å²) in [6, 6.07) is 12.3.